The number of rotatable bonds is 1. The monoisotopic (exact) mass is 232 g/mol. The Labute approximate surface area is 77.1 Å². The van der Waals surface area contributed by atoms with Crippen molar-refractivity contribution in [1.82, 2.24) is 4.98 Å². The van der Waals surface area contributed by atoms with Gasteiger partial charge in [0.2, 0.25) is 0 Å². The standard InChI is InChI=1S/C7H6BrFN2O/c1-4-2-5(3-10-12)6(9)7(8)11-4/h2-3,12H,1H3. The fourth-order valence-corrected chi connectivity index (χ4v) is 1.31. The molecule has 1 aromatic heterocycles. The van der Waals surface area contributed by atoms with Crippen LogP contribution in [-0.2, 0) is 0 Å². The molecule has 0 bridgehead atoms. The first-order valence-electron chi connectivity index (χ1n) is 3.15. The molecule has 5 heteroatoms. The number of hydrogen-bond acceptors (Lipinski definition) is 3. The van der Waals surface area contributed by atoms with Crippen molar-refractivity contribution < 1.29 is 9.60 Å². The zero-order valence-corrected chi connectivity index (χ0v) is 7.84. The highest BCUT2D eigenvalue weighted by Crippen LogP contribution is 2.16. The summed E-state index contributed by atoms with van der Waals surface area (Å²) in [5.74, 6) is -0.529. The Balaban J connectivity index is 3.27. The van der Waals surface area contributed by atoms with Crippen LogP contribution >= 0.6 is 15.9 Å². The molecule has 12 heavy (non-hydrogen) atoms. The maximum atomic E-state index is 13.1. The Kier molecular flexibility index (Phi) is 2.75. The van der Waals surface area contributed by atoms with E-state index < -0.39 is 5.82 Å². The summed E-state index contributed by atoms with van der Waals surface area (Å²) in [5, 5.41) is 10.9. The van der Waals surface area contributed by atoms with Gasteiger partial charge >= 0.3 is 0 Å². The van der Waals surface area contributed by atoms with Crippen molar-refractivity contribution >= 4 is 22.1 Å². The van der Waals surface area contributed by atoms with Gasteiger partial charge in [0, 0.05) is 11.3 Å². The summed E-state index contributed by atoms with van der Waals surface area (Å²) in [7, 11) is 0. The highest BCUT2D eigenvalue weighted by atomic mass is 79.9. The van der Waals surface area contributed by atoms with Gasteiger partial charge in [0.05, 0.1) is 6.21 Å². The van der Waals surface area contributed by atoms with Gasteiger partial charge in [-0.1, -0.05) is 5.16 Å². The minimum atomic E-state index is -0.529. The molecule has 1 N–H and O–H groups in total. The van der Waals surface area contributed by atoms with Crippen LogP contribution in [0.15, 0.2) is 15.8 Å². The number of oxime groups is 1. The normalized spacial score (nSPS) is 10.9. The quantitative estimate of drug-likeness (QED) is 0.349. The van der Waals surface area contributed by atoms with Crippen LogP contribution in [0.5, 0.6) is 0 Å². The zero-order valence-electron chi connectivity index (χ0n) is 6.25. The lowest BCUT2D eigenvalue weighted by Gasteiger charge is -1.99. The van der Waals surface area contributed by atoms with Gasteiger partial charge in [-0.25, -0.2) is 9.37 Å². The smallest absolute Gasteiger partial charge is 0.164 e. The maximum absolute atomic E-state index is 13.1. The van der Waals surface area contributed by atoms with Crippen LogP contribution in [0, 0.1) is 12.7 Å². The summed E-state index contributed by atoms with van der Waals surface area (Å²) < 4.78 is 13.2. The first kappa shape index (κ1) is 9.12. The molecular formula is C7H6BrFN2O. The summed E-state index contributed by atoms with van der Waals surface area (Å²) in [6, 6.07) is 1.49. The maximum Gasteiger partial charge on any atom is 0.164 e. The summed E-state index contributed by atoms with van der Waals surface area (Å²) in [4.78, 5) is 3.81. The van der Waals surface area contributed by atoms with Gasteiger partial charge in [-0.05, 0) is 28.9 Å². The van der Waals surface area contributed by atoms with E-state index in [4.69, 9.17) is 5.21 Å². The molecule has 1 aromatic rings. The van der Waals surface area contributed by atoms with Crippen molar-refractivity contribution in [3.63, 3.8) is 0 Å². The van der Waals surface area contributed by atoms with Gasteiger partial charge in [0.25, 0.3) is 0 Å². The third-order valence-electron chi connectivity index (χ3n) is 1.27. The van der Waals surface area contributed by atoms with E-state index in [1.807, 2.05) is 0 Å². The molecule has 0 aromatic carbocycles. The van der Waals surface area contributed by atoms with Crippen molar-refractivity contribution in [2.24, 2.45) is 5.16 Å². The molecule has 0 radical (unpaired) electrons. The first-order valence-corrected chi connectivity index (χ1v) is 3.94. The number of hydrogen-bond donors (Lipinski definition) is 1. The predicted octanol–water partition coefficient (Wildman–Crippen LogP) is 2.10. The Morgan fingerprint density at radius 1 is 1.75 bits per heavy atom. The lowest BCUT2D eigenvalue weighted by molar-refractivity contribution is 0.321. The fourth-order valence-electron chi connectivity index (χ4n) is 0.800. The van der Waals surface area contributed by atoms with E-state index in [1.165, 1.54) is 6.07 Å². The molecule has 0 aliphatic heterocycles. The Bertz CT molecular complexity index is 327. The van der Waals surface area contributed by atoms with Crippen molar-refractivity contribution in [3.05, 3.63) is 27.7 Å². The lowest BCUT2D eigenvalue weighted by atomic mass is 10.2. The van der Waals surface area contributed by atoms with E-state index >= 15 is 0 Å². The minimum Gasteiger partial charge on any atom is -0.411 e. The predicted molar refractivity (Wildman–Crippen MR) is 46.0 cm³/mol. The van der Waals surface area contributed by atoms with Crippen LogP contribution in [0.2, 0.25) is 0 Å². The van der Waals surface area contributed by atoms with Crippen molar-refractivity contribution in [1.29, 1.82) is 0 Å². The van der Waals surface area contributed by atoms with Gasteiger partial charge in [0.1, 0.15) is 4.60 Å². The van der Waals surface area contributed by atoms with Crippen molar-refractivity contribution in [2.75, 3.05) is 0 Å². The van der Waals surface area contributed by atoms with Crippen LogP contribution in [0.1, 0.15) is 11.3 Å². The summed E-state index contributed by atoms with van der Waals surface area (Å²) in [5.41, 5.74) is 0.857. The molecule has 0 fully saturated rings. The average molecular weight is 233 g/mol. The second-order valence-electron chi connectivity index (χ2n) is 2.20. The number of halogens is 2. The molecule has 0 saturated heterocycles. The highest BCUT2D eigenvalue weighted by molar-refractivity contribution is 9.10. The zero-order chi connectivity index (χ0) is 9.14. The Morgan fingerprint density at radius 2 is 2.42 bits per heavy atom. The fraction of sp³-hybridized carbons (Fsp3) is 0.143. The molecule has 1 rings (SSSR count). The van der Waals surface area contributed by atoms with E-state index in [0.29, 0.717) is 5.69 Å². The summed E-state index contributed by atoms with van der Waals surface area (Å²) >= 11 is 2.94. The second-order valence-corrected chi connectivity index (χ2v) is 2.95. The second kappa shape index (κ2) is 3.62. The first-order chi connectivity index (χ1) is 5.65. The van der Waals surface area contributed by atoms with Crippen LogP contribution in [0.3, 0.4) is 0 Å². The third-order valence-corrected chi connectivity index (χ3v) is 1.80. The Morgan fingerprint density at radius 3 is 3.00 bits per heavy atom. The molecule has 0 aliphatic rings. The van der Waals surface area contributed by atoms with E-state index in [2.05, 4.69) is 26.1 Å². The number of aryl methyl sites for hydroxylation is 1. The number of pyridine rings is 1. The molecule has 64 valence electrons. The van der Waals surface area contributed by atoms with Crippen molar-refractivity contribution in [3.8, 4) is 0 Å². The molecule has 0 aliphatic carbocycles. The van der Waals surface area contributed by atoms with Gasteiger partial charge in [-0.15, -0.1) is 0 Å². The van der Waals surface area contributed by atoms with Crippen LogP contribution in [0.25, 0.3) is 0 Å². The van der Waals surface area contributed by atoms with Crippen LogP contribution < -0.4 is 0 Å². The molecule has 0 amide bonds. The average Bonchev–Trinajstić information content (AvgIpc) is 2.00. The molecule has 3 nitrogen and oxygen atoms in total. The van der Waals surface area contributed by atoms with Crippen LogP contribution in [0.4, 0.5) is 4.39 Å². The summed E-state index contributed by atoms with van der Waals surface area (Å²) in [6.45, 7) is 1.72. The Hall–Kier alpha value is -0.970. The van der Waals surface area contributed by atoms with E-state index in [0.717, 1.165) is 6.21 Å². The molecule has 0 atom stereocenters. The molecule has 0 saturated carbocycles. The van der Waals surface area contributed by atoms with Gasteiger partial charge in [-0.3, -0.25) is 0 Å². The molecule has 1 heterocycles. The SMILES string of the molecule is Cc1cc(C=NO)c(F)c(Br)n1. The number of nitrogens with zero attached hydrogens (tertiary/aromatic N) is 2. The van der Waals surface area contributed by atoms with E-state index in [1.54, 1.807) is 6.92 Å². The van der Waals surface area contributed by atoms with Gasteiger partial charge in [0.15, 0.2) is 5.82 Å². The lowest BCUT2D eigenvalue weighted by Crippen LogP contribution is -1.95. The molecular weight excluding hydrogens is 227 g/mol. The largest absolute Gasteiger partial charge is 0.411 e. The van der Waals surface area contributed by atoms with Crippen molar-refractivity contribution in [2.45, 2.75) is 6.92 Å². The van der Waals surface area contributed by atoms with Crippen LogP contribution in [-0.4, -0.2) is 16.4 Å². The topological polar surface area (TPSA) is 45.5 Å². The highest BCUT2D eigenvalue weighted by Gasteiger charge is 2.06. The molecule has 0 spiro atoms. The summed E-state index contributed by atoms with van der Waals surface area (Å²) in [6.07, 6.45) is 1.02. The van der Waals surface area contributed by atoms with E-state index in [9.17, 15) is 4.39 Å². The van der Waals surface area contributed by atoms with Gasteiger partial charge < -0.3 is 5.21 Å². The minimum absolute atomic E-state index is 0.123. The third kappa shape index (κ3) is 1.79. The number of aromatic nitrogens is 1. The molecule has 0 unspecified atom stereocenters. The van der Waals surface area contributed by atoms with E-state index in [-0.39, 0.29) is 10.2 Å². The van der Waals surface area contributed by atoms with Gasteiger partial charge in [-0.2, -0.15) is 0 Å².